The molecule has 22 heavy (non-hydrogen) atoms. The molecule has 1 saturated heterocycles. The average Bonchev–Trinajstić information content (AvgIpc) is 2.45. The first-order valence-corrected chi connectivity index (χ1v) is 7.03. The highest BCUT2D eigenvalue weighted by atomic mass is 16.6. The van der Waals surface area contributed by atoms with Crippen LogP contribution in [0.2, 0.25) is 0 Å². The summed E-state index contributed by atoms with van der Waals surface area (Å²) in [5.41, 5.74) is -0.796. The fourth-order valence-corrected chi connectivity index (χ4v) is 2.83. The third-order valence-corrected chi connectivity index (χ3v) is 4.15. The number of piperidine rings is 1. The van der Waals surface area contributed by atoms with Crippen molar-refractivity contribution in [1.29, 1.82) is 0 Å². The van der Waals surface area contributed by atoms with Gasteiger partial charge in [0.25, 0.3) is 11.6 Å². The number of carboxylic acids is 1. The number of nitrogens with zero attached hydrogens (tertiary/aromatic N) is 2. The second-order valence-electron chi connectivity index (χ2n) is 5.92. The fraction of sp³-hybridized carbons (Fsp3) is 0.467. The van der Waals surface area contributed by atoms with Crippen LogP contribution in [0.1, 0.15) is 35.7 Å². The first-order valence-electron chi connectivity index (χ1n) is 7.03. The number of aryl methyl sites for hydroxylation is 1. The van der Waals surface area contributed by atoms with Crippen molar-refractivity contribution in [3.05, 3.63) is 39.4 Å². The van der Waals surface area contributed by atoms with E-state index in [9.17, 15) is 24.8 Å². The molecule has 1 aromatic rings. The van der Waals surface area contributed by atoms with E-state index < -0.39 is 22.2 Å². The van der Waals surface area contributed by atoms with Gasteiger partial charge in [-0.05, 0) is 32.8 Å². The summed E-state index contributed by atoms with van der Waals surface area (Å²) in [6, 6.07) is 4.59. The monoisotopic (exact) mass is 306 g/mol. The number of carboxylic acid groups (broad SMARTS) is 1. The number of carbonyl (C=O) groups excluding carboxylic acids is 1. The minimum Gasteiger partial charge on any atom is -0.481 e. The SMILES string of the molecule is Cc1cccc(C(=O)N2CCCC(C)(C(=O)O)C2)c1[N+](=O)[O-]. The molecule has 1 heterocycles. The highest BCUT2D eigenvalue weighted by molar-refractivity contribution is 5.99. The summed E-state index contributed by atoms with van der Waals surface area (Å²) in [6.45, 7) is 3.64. The highest BCUT2D eigenvalue weighted by Gasteiger charge is 2.40. The van der Waals surface area contributed by atoms with Crippen LogP contribution in [0.25, 0.3) is 0 Å². The van der Waals surface area contributed by atoms with Gasteiger partial charge in [0.1, 0.15) is 5.56 Å². The Morgan fingerprint density at radius 2 is 2.09 bits per heavy atom. The number of hydrogen-bond acceptors (Lipinski definition) is 4. The molecular formula is C15H18N2O5. The summed E-state index contributed by atoms with van der Waals surface area (Å²) >= 11 is 0. The molecule has 1 N–H and O–H groups in total. The summed E-state index contributed by atoms with van der Waals surface area (Å²) in [5, 5.41) is 20.5. The van der Waals surface area contributed by atoms with Crippen LogP contribution in [0.4, 0.5) is 5.69 Å². The molecule has 0 aliphatic carbocycles. The van der Waals surface area contributed by atoms with Crippen molar-refractivity contribution >= 4 is 17.6 Å². The molecule has 0 saturated carbocycles. The van der Waals surface area contributed by atoms with Crippen molar-refractivity contribution in [3.63, 3.8) is 0 Å². The number of aliphatic carboxylic acids is 1. The maximum Gasteiger partial charge on any atom is 0.311 e. The molecule has 7 nitrogen and oxygen atoms in total. The summed E-state index contributed by atoms with van der Waals surface area (Å²) < 4.78 is 0. The number of likely N-dealkylation sites (tertiary alicyclic amines) is 1. The molecule has 1 aromatic carbocycles. The van der Waals surface area contributed by atoms with Gasteiger partial charge < -0.3 is 10.0 Å². The zero-order valence-electron chi connectivity index (χ0n) is 12.5. The number of amides is 1. The predicted molar refractivity (Wildman–Crippen MR) is 78.7 cm³/mol. The maximum absolute atomic E-state index is 12.6. The Balaban J connectivity index is 2.35. The number of rotatable bonds is 3. The van der Waals surface area contributed by atoms with Crippen molar-refractivity contribution < 1.29 is 19.6 Å². The molecule has 0 spiro atoms. The van der Waals surface area contributed by atoms with E-state index in [1.54, 1.807) is 26.0 Å². The van der Waals surface area contributed by atoms with Crippen LogP contribution in [-0.4, -0.2) is 39.9 Å². The minimum atomic E-state index is -1.01. The molecule has 1 fully saturated rings. The standard InChI is InChI=1S/C15H18N2O5/c1-10-5-3-6-11(12(10)17(21)22)13(18)16-8-4-7-15(2,9-16)14(19)20/h3,5-6H,4,7-9H2,1-2H3,(H,19,20). The second kappa shape index (κ2) is 5.75. The van der Waals surface area contributed by atoms with Crippen LogP contribution in [0.3, 0.4) is 0 Å². The van der Waals surface area contributed by atoms with Gasteiger partial charge in [-0.3, -0.25) is 19.7 Å². The lowest BCUT2D eigenvalue weighted by atomic mass is 9.82. The van der Waals surface area contributed by atoms with E-state index in [1.165, 1.54) is 11.0 Å². The van der Waals surface area contributed by atoms with Gasteiger partial charge in [-0.25, -0.2) is 0 Å². The molecule has 2 rings (SSSR count). The van der Waals surface area contributed by atoms with Crippen LogP contribution in [0.5, 0.6) is 0 Å². The smallest absolute Gasteiger partial charge is 0.311 e. The van der Waals surface area contributed by atoms with Gasteiger partial charge in [0.2, 0.25) is 0 Å². The molecule has 1 aliphatic heterocycles. The lowest BCUT2D eigenvalue weighted by Gasteiger charge is -2.37. The summed E-state index contributed by atoms with van der Waals surface area (Å²) in [7, 11) is 0. The number of nitro groups is 1. The Bertz CT molecular complexity index is 643. The first-order chi connectivity index (χ1) is 10.3. The van der Waals surface area contributed by atoms with E-state index in [2.05, 4.69) is 0 Å². The lowest BCUT2D eigenvalue weighted by molar-refractivity contribution is -0.385. The second-order valence-corrected chi connectivity index (χ2v) is 5.92. The van der Waals surface area contributed by atoms with Crippen molar-refractivity contribution in [3.8, 4) is 0 Å². The lowest BCUT2D eigenvalue weighted by Crippen LogP contribution is -2.48. The zero-order chi connectivity index (χ0) is 16.5. The molecule has 0 bridgehead atoms. The molecule has 118 valence electrons. The summed E-state index contributed by atoms with van der Waals surface area (Å²) in [5.74, 6) is -1.44. The number of benzene rings is 1. The van der Waals surface area contributed by atoms with Crippen molar-refractivity contribution in [1.82, 2.24) is 4.90 Å². The predicted octanol–water partition coefficient (Wildman–Crippen LogP) is 2.23. The van der Waals surface area contributed by atoms with Crippen LogP contribution < -0.4 is 0 Å². The van der Waals surface area contributed by atoms with E-state index in [0.717, 1.165) is 0 Å². The molecule has 7 heteroatoms. The molecule has 1 atom stereocenters. The number of carbonyl (C=O) groups is 2. The Labute approximate surface area is 127 Å². The molecule has 1 aliphatic rings. The van der Waals surface area contributed by atoms with Gasteiger partial charge in [-0.15, -0.1) is 0 Å². The zero-order valence-corrected chi connectivity index (χ0v) is 12.5. The van der Waals surface area contributed by atoms with E-state index >= 15 is 0 Å². The Morgan fingerprint density at radius 1 is 1.41 bits per heavy atom. The summed E-state index contributed by atoms with van der Waals surface area (Å²) in [4.78, 5) is 36.0. The van der Waals surface area contributed by atoms with Gasteiger partial charge in [0, 0.05) is 18.7 Å². The summed E-state index contributed by atoms with van der Waals surface area (Å²) in [6.07, 6.45) is 1.05. The van der Waals surface area contributed by atoms with Crippen LogP contribution in [0, 0.1) is 22.5 Å². The largest absolute Gasteiger partial charge is 0.481 e. The van der Waals surface area contributed by atoms with E-state index in [1.807, 2.05) is 0 Å². The molecule has 1 unspecified atom stereocenters. The minimum absolute atomic E-state index is 0.0136. The van der Waals surface area contributed by atoms with Crippen molar-refractivity contribution in [2.75, 3.05) is 13.1 Å². The van der Waals surface area contributed by atoms with Crippen LogP contribution in [0.15, 0.2) is 18.2 Å². The van der Waals surface area contributed by atoms with E-state index in [0.29, 0.717) is 24.9 Å². The molecule has 0 aromatic heterocycles. The van der Waals surface area contributed by atoms with Gasteiger partial charge in [0.15, 0.2) is 0 Å². The Hall–Kier alpha value is -2.44. The van der Waals surface area contributed by atoms with E-state index in [-0.39, 0.29) is 17.8 Å². The third-order valence-electron chi connectivity index (χ3n) is 4.15. The maximum atomic E-state index is 12.6. The third kappa shape index (κ3) is 2.79. The van der Waals surface area contributed by atoms with Crippen molar-refractivity contribution in [2.45, 2.75) is 26.7 Å². The first kappa shape index (κ1) is 15.9. The van der Waals surface area contributed by atoms with Crippen LogP contribution in [-0.2, 0) is 4.79 Å². The number of para-hydroxylation sites is 1. The Morgan fingerprint density at radius 3 is 2.68 bits per heavy atom. The quantitative estimate of drug-likeness (QED) is 0.681. The van der Waals surface area contributed by atoms with Crippen LogP contribution >= 0.6 is 0 Å². The highest BCUT2D eigenvalue weighted by Crippen LogP contribution is 2.32. The normalized spacial score (nSPS) is 21.5. The molecule has 0 radical (unpaired) electrons. The van der Waals surface area contributed by atoms with Crippen molar-refractivity contribution in [2.24, 2.45) is 5.41 Å². The number of hydrogen-bond donors (Lipinski definition) is 1. The van der Waals surface area contributed by atoms with Gasteiger partial charge in [-0.2, -0.15) is 0 Å². The molecule has 1 amide bonds. The fourth-order valence-electron chi connectivity index (χ4n) is 2.83. The topological polar surface area (TPSA) is 101 Å². The van der Waals surface area contributed by atoms with Gasteiger partial charge in [-0.1, -0.05) is 12.1 Å². The Kier molecular flexibility index (Phi) is 4.16. The van der Waals surface area contributed by atoms with Gasteiger partial charge >= 0.3 is 5.97 Å². The molecular weight excluding hydrogens is 288 g/mol. The van der Waals surface area contributed by atoms with Gasteiger partial charge in [0.05, 0.1) is 10.3 Å². The average molecular weight is 306 g/mol. The number of nitro benzene ring substituents is 1. The van der Waals surface area contributed by atoms with E-state index in [4.69, 9.17) is 0 Å².